The molecule has 6 heteroatoms. The van der Waals surface area contributed by atoms with Gasteiger partial charge in [-0.05, 0) is 42.7 Å². The number of hydrogen-bond acceptors (Lipinski definition) is 3. The highest BCUT2D eigenvalue weighted by Gasteiger charge is 2.18. The van der Waals surface area contributed by atoms with Gasteiger partial charge in [-0.2, -0.15) is 0 Å². The quantitative estimate of drug-likeness (QED) is 0.625. The van der Waals surface area contributed by atoms with Crippen molar-refractivity contribution in [3.8, 4) is 11.3 Å². The summed E-state index contributed by atoms with van der Waals surface area (Å²) in [6.07, 6.45) is 0.907. The van der Waals surface area contributed by atoms with Crippen LogP contribution in [0, 0.1) is 5.82 Å². The highest BCUT2D eigenvalue weighted by molar-refractivity contribution is 5.91. The number of aromatic amines is 1. The monoisotopic (exact) mass is 409 g/mol. The summed E-state index contributed by atoms with van der Waals surface area (Å²) in [6.45, 7) is 6.04. The van der Waals surface area contributed by atoms with Crippen LogP contribution in [-0.2, 0) is 16.0 Å². The highest BCUT2D eigenvalue weighted by atomic mass is 19.1. The fourth-order valence-electron chi connectivity index (χ4n) is 4.07. The lowest BCUT2D eigenvalue weighted by Crippen LogP contribution is -2.47. The zero-order chi connectivity index (χ0) is 20.9. The molecule has 1 amide bonds. The van der Waals surface area contributed by atoms with Gasteiger partial charge in [-0.15, -0.1) is 0 Å². The number of benzene rings is 2. The molecule has 30 heavy (non-hydrogen) atoms. The Labute approximate surface area is 176 Å². The van der Waals surface area contributed by atoms with Crippen molar-refractivity contribution >= 4 is 16.8 Å². The van der Waals surface area contributed by atoms with Crippen molar-refractivity contribution in [3.63, 3.8) is 0 Å². The van der Waals surface area contributed by atoms with Crippen LogP contribution in [0.2, 0.25) is 0 Å². The number of hydrogen-bond donors (Lipinski definition) is 2. The second-order valence-electron chi connectivity index (χ2n) is 7.84. The molecule has 1 aliphatic heterocycles. The van der Waals surface area contributed by atoms with Crippen molar-refractivity contribution in [2.24, 2.45) is 0 Å². The molecule has 0 saturated carbocycles. The number of carbonyl (C=O) groups is 1. The molecule has 1 atom stereocenters. The molecule has 1 aliphatic rings. The largest absolute Gasteiger partial charge is 0.379 e. The number of aromatic nitrogens is 1. The number of nitrogens with one attached hydrogen (secondary N) is 2. The number of amides is 1. The van der Waals surface area contributed by atoms with Gasteiger partial charge in [0.05, 0.1) is 13.2 Å². The molecule has 2 N–H and O–H groups in total. The molecule has 0 radical (unpaired) electrons. The van der Waals surface area contributed by atoms with E-state index in [0.29, 0.717) is 19.4 Å². The Kier molecular flexibility index (Phi) is 6.45. The summed E-state index contributed by atoms with van der Waals surface area (Å²) < 4.78 is 19.3. The van der Waals surface area contributed by atoms with Crippen LogP contribution in [0.1, 0.15) is 18.9 Å². The summed E-state index contributed by atoms with van der Waals surface area (Å²) in [5.41, 5.74) is 3.84. The second kappa shape index (κ2) is 9.41. The van der Waals surface area contributed by atoms with Gasteiger partial charge >= 0.3 is 0 Å². The lowest BCUT2D eigenvalue weighted by atomic mass is 10.0. The number of aryl methyl sites for hydroxylation is 1. The lowest BCUT2D eigenvalue weighted by molar-refractivity contribution is -0.121. The average molecular weight is 410 g/mol. The SMILES string of the molecule is CC(CNC(=O)CCc1c(-c2ccccc2)[nH]c2ccc(F)cc12)N1CCOCC1. The Bertz CT molecular complexity index is 996. The first kappa shape index (κ1) is 20.6. The first-order valence-electron chi connectivity index (χ1n) is 10.6. The third-order valence-corrected chi connectivity index (χ3v) is 5.80. The van der Waals surface area contributed by atoms with E-state index in [2.05, 4.69) is 22.1 Å². The Morgan fingerprint density at radius 2 is 1.97 bits per heavy atom. The van der Waals surface area contributed by atoms with Crippen LogP contribution in [-0.4, -0.2) is 54.7 Å². The summed E-state index contributed by atoms with van der Waals surface area (Å²) in [7, 11) is 0. The van der Waals surface area contributed by atoms with E-state index in [-0.39, 0.29) is 17.8 Å². The van der Waals surface area contributed by atoms with E-state index < -0.39 is 0 Å². The number of morpholine rings is 1. The van der Waals surface area contributed by atoms with Gasteiger partial charge in [0, 0.05) is 48.7 Å². The topological polar surface area (TPSA) is 57.4 Å². The van der Waals surface area contributed by atoms with Gasteiger partial charge in [0.2, 0.25) is 5.91 Å². The molecular weight excluding hydrogens is 381 g/mol. The number of halogens is 1. The molecule has 4 rings (SSSR count). The van der Waals surface area contributed by atoms with Crippen molar-refractivity contribution in [2.45, 2.75) is 25.8 Å². The third kappa shape index (κ3) is 4.71. The van der Waals surface area contributed by atoms with Crippen molar-refractivity contribution < 1.29 is 13.9 Å². The van der Waals surface area contributed by atoms with Gasteiger partial charge in [-0.3, -0.25) is 9.69 Å². The van der Waals surface area contributed by atoms with Crippen molar-refractivity contribution in [1.82, 2.24) is 15.2 Å². The molecular formula is C24H28FN3O2. The van der Waals surface area contributed by atoms with E-state index >= 15 is 0 Å². The third-order valence-electron chi connectivity index (χ3n) is 5.80. The van der Waals surface area contributed by atoms with E-state index in [0.717, 1.165) is 54.0 Å². The molecule has 2 heterocycles. The zero-order valence-electron chi connectivity index (χ0n) is 17.3. The van der Waals surface area contributed by atoms with Crippen molar-refractivity contribution in [1.29, 1.82) is 0 Å². The van der Waals surface area contributed by atoms with Crippen LogP contribution in [0.3, 0.4) is 0 Å². The normalized spacial score (nSPS) is 15.9. The van der Waals surface area contributed by atoms with Gasteiger partial charge in [-0.25, -0.2) is 4.39 Å². The number of carbonyl (C=O) groups excluding carboxylic acids is 1. The molecule has 158 valence electrons. The van der Waals surface area contributed by atoms with Crippen LogP contribution in [0.4, 0.5) is 4.39 Å². The smallest absolute Gasteiger partial charge is 0.220 e. The van der Waals surface area contributed by atoms with E-state index in [4.69, 9.17) is 4.74 Å². The van der Waals surface area contributed by atoms with Crippen LogP contribution in [0.25, 0.3) is 22.2 Å². The molecule has 1 aromatic heterocycles. The molecule has 1 fully saturated rings. The van der Waals surface area contributed by atoms with E-state index in [1.165, 1.54) is 6.07 Å². The summed E-state index contributed by atoms with van der Waals surface area (Å²) in [6, 6.07) is 15.0. The zero-order valence-corrected chi connectivity index (χ0v) is 17.3. The predicted molar refractivity (Wildman–Crippen MR) is 117 cm³/mol. The lowest BCUT2D eigenvalue weighted by Gasteiger charge is -2.32. The fourth-order valence-corrected chi connectivity index (χ4v) is 4.07. The number of ether oxygens (including phenoxy) is 1. The van der Waals surface area contributed by atoms with Gasteiger partial charge in [0.1, 0.15) is 5.82 Å². The van der Waals surface area contributed by atoms with Crippen LogP contribution in [0.5, 0.6) is 0 Å². The van der Waals surface area contributed by atoms with Crippen LogP contribution < -0.4 is 5.32 Å². The Morgan fingerprint density at radius 3 is 2.73 bits per heavy atom. The minimum atomic E-state index is -0.272. The van der Waals surface area contributed by atoms with Crippen LogP contribution in [0.15, 0.2) is 48.5 Å². The number of rotatable bonds is 7. The minimum Gasteiger partial charge on any atom is -0.379 e. The molecule has 0 spiro atoms. The summed E-state index contributed by atoms with van der Waals surface area (Å²) in [5.74, 6) is -0.258. The minimum absolute atomic E-state index is 0.0138. The standard InChI is InChI=1S/C24H28FN3O2/c1-17(28-11-13-30-14-12-28)16-26-23(29)10-8-20-21-15-19(25)7-9-22(21)27-24(20)18-5-3-2-4-6-18/h2-7,9,15,17,27H,8,10-14,16H2,1H3,(H,26,29). The number of H-pyrrole nitrogens is 1. The second-order valence-corrected chi connectivity index (χ2v) is 7.84. The average Bonchev–Trinajstić information content (AvgIpc) is 3.14. The van der Waals surface area contributed by atoms with Gasteiger partial charge in [-0.1, -0.05) is 30.3 Å². The molecule has 5 nitrogen and oxygen atoms in total. The molecule has 1 saturated heterocycles. The first-order chi connectivity index (χ1) is 14.6. The number of fused-ring (bicyclic) bond motifs is 1. The molecule has 0 aliphatic carbocycles. The fraction of sp³-hybridized carbons (Fsp3) is 0.375. The van der Waals surface area contributed by atoms with Gasteiger partial charge in [0.15, 0.2) is 0 Å². The Hall–Kier alpha value is -2.70. The molecule has 3 aromatic rings. The maximum atomic E-state index is 13.9. The Morgan fingerprint density at radius 1 is 1.20 bits per heavy atom. The molecule has 0 bridgehead atoms. The van der Waals surface area contributed by atoms with Crippen molar-refractivity contribution in [3.05, 3.63) is 59.9 Å². The van der Waals surface area contributed by atoms with E-state index in [1.807, 2.05) is 30.3 Å². The Balaban J connectivity index is 1.45. The predicted octanol–water partition coefficient (Wildman–Crippen LogP) is 3.74. The summed E-state index contributed by atoms with van der Waals surface area (Å²) >= 11 is 0. The maximum Gasteiger partial charge on any atom is 0.220 e. The molecule has 2 aromatic carbocycles. The molecule has 1 unspecified atom stereocenters. The maximum absolute atomic E-state index is 13.9. The first-order valence-corrected chi connectivity index (χ1v) is 10.6. The van der Waals surface area contributed by atoms with E-state index in [1.54, 1.807) is 12.1 Å². The van der Waals surface area contributed by atoms with Crippen LogP contribution >= 0.6 is 0 Å². The van der Waals surface area contributed by atoms with Gasteiger partial charge < -0.3 is 15.0 Å². The van der Waals surface area contributed by atoms with Gasteiger partial charge in [0.25, 0.3) is 0 Å². The summed E-state index contributed by atoms with van der Waals surface area (Å²) in [5, 5.41) is 3.89. The number of nitrogens with zero attached hydrogens (tertiary/aromatic N) is 1. The van der Waals surface area contributed by atoms with E-state index in [9.17, 15) is 9.18 Å². The summed E-state index contributed by atoms with van der Waals surface area (Å²) in [4.78, 5) is 18.3. The highest BCUT2D eigenvalue weighted by Crippen LogP contribution is 2.31. The van der Waals surface area contributed by atoms with Crippen molar-refractivity contribution in [2.75, 3.05) is 32.8 Å².